The van der Waals surface area contributed by atoms with E-state index in [1.165, 1.54) is 23.1 Å². The fourth-order valence-corrected chi connectivity index (χ4v) is 8.76. The van der Waals surface area contributed by atoms with E-state index in [0.717, 1.165) is 6.42 Å². The van der Waals surface area contributed by atoms with Crippen molar-refractivity contribution in [1.29, 1.82) is 0 Å². The highest BCUT2D eigenvalue weighted by Crippen LogP contribution is 2.34. The topological polar surface area (TPSA) is 171 Å². The van der Waals surface area contributed by atoms with Gasteiger partial charge in [-0.05, 0) is 55.1 Å². The summed E-state index contributed by atoms with van der Waals surface area (Å²) in [6, 6.07) is 2.94. The summed E-state index contributed by atoms with van der Waals surface area (Å²) in [5.41, 5.74) is -2.02. The largest absolute Gasteiger partial charge is 0.389 e. The smallest absolute Gasteiger partial charge is 0.346 e. The first-order valence-corrected chi connectivity index (χ1v) is 19.7. The number of carbonyl (C=O) groups is 5. The van der Waals surface area contributed by atoms with Crippen LogP contribution in [0.1, 0.15) is 86.0 Å². The first kappa shape index (κ1) is 43.5. The van der Waals surface area contributed by atoms with Gasteiger partial charge in [-0.25, -0.2) is 13.2 Å². The van der Waals surface area contributed by atoms with E-state index in [0.29, 0.717) is 25.7 Å². The quantitative estimate of drug-likeness (QED) is 0.151. The van der Waals surface area contributed by atoms with Crippen molar-refractivity contribution in [3.63, 3.8) is 0 Å². The summed E-state index contributed by atoms with van der Waals surface area (Å²) in [7, 11) is -3.80. The molecule has 2 fully saturated rings. The van der Waals surface area contributed by atoms with Crippen molar-refractivity contribution in [1.82, 2.24) is 26.2 Å². The van der Waals surface area contributed by atoms with Crippen LogP contribution in [-0.4, -0.2) is 91.5 Å². The zero-order valence-corrected chi connectivity index (χ0v) is 32.0. The number of hydrogen-bond acceptors (Lipinski definition) is 7. The normalized spacial score (nSPS) is 20.2. The van der Waals surface area contributed by atoms with Gasteiger partial charge in [0.2, 0.25) is 17.6 Å². The van der Waals surface area contributed by atoms with Crippen molar-refractivity contribution >= 4 is 39.4 Å². The van der Waals surface area contributed by atoms with E-state index < -0.39 is 87.5 Å². The fraction of sp³-hybridized carbons (Fsp3) is 0.649. The van der Waals surface area contributed by atoms with Crippen molar-refractivity contribution in [2.75, 3.05) is 18.8 Å². The molecule has 16 heteroatoms. The van der Waals surface area contributed by atoms with E-state index in [1.54, 1.807) is 39.0 Å². The van der Waals surface area contributed by atoms with Gasteiger partial charge < -0.3 is 26.2 Å². The lowest BCUT2D eigenvalue weighted by molar-refractivity contribution is -0.147. The van der Waals surface area contributed by atoms with Crippen molar-refractivity contribution in [3.05, 3.63) is 43.0 Å². The first-order chi connectivity index (χ1) is 24.6. The molecule has 1 aliphatic heterocycles. The van der Waals surface area contributed by atoms with Gasteiger partial charge in [-0.2, -0.15) is 13.2 Å². The Morgan fingerprint density at radius 2 is 1.62 bits per heavy atom. The van der Waals surface area contributed by atoms with Gasteiger partial charge in [-0.3, -0.25) is 19.2 Å². The minimum Gasteiger partial charge on any atom is -0.346 e. The third kappa shape index (κ3) is 12.3. The van der Waals surface area contributed by atoms with Gasteiger partial charge in [0.25, 0.3) is 5.91 Å². The number of halogens is 3. The molecule has 53 heavy (non-hydrogen) atoms. The van der Waals surface area contributed by atoms with Gasteiger partial charge in [-0.15, -0.1) is 6.58 Å². The van der Waals surface area contributed by atoms with Crippen LogP contribution in [-0.2, 0) is 29.0 Å². The zero-order valence-electron chi connectivity index (χ0n) is 31.2. The van der Waals surface area contributed by atoms with E-state index in [9.17, 15) is 45.6 Å². The summed E-state index contributed by atoms with van der Waals surface area (Å²) in [5.74, 6) is -4.55. The Bertz CT molecular complexity index is 1590. The second kappa shape index (κ2) is 17.9. The van der Waals surface area contributed by atoms with E-state index in [2.05, 4.69) is 27.8 Å². The summed E-state index contributed by atoms with van der Waals surface area (Å²) < 4.78 is 66.5. The number of nitrogens with one attached hydrogen (secondary N) is 4. The Morgan fingerprint density at radius 3 is 2.17 bits per heavy atom. The molecule has 2 unspecified atom stereocenters. The van der Waals surface area contributed by atoms with Crippen molar-refractivity contribution in [2.24, 2.45) is 17.3 Å². The maximum Gasteiger partial charge on any atom is 0.389 e. The van der Waals surface area contributed by atoms with Crippen LogP contribution >= 0.6 is 0 Å². The van der Waals surface area contributed by atoms with Crippen molar-refractivity contribution in [3.8, 4) is 0 Å². The lowest BCUT2D eigenvalue weighted by atomic mass is 9.83. The van der Waals surface area contributed by atoms with Gasteiger partial charge in [-0.1, -0.05) is 78.2 Å². The molecule has 1 saturated carbocycles. The minimum atomic E-state index is -4.67. The highest BCUT2D eigenvalue weighted by molar-refractivity contribution is 7.91. The number of Topliss-reactive ketones (excluding diaryl/α,β-unsaturated/α-hetero) is 1. The SMILES string of the molecule is C=CCNC(=O)C(=O)C(CCC(F)(F)F)NC(=O)[C@@H]1CC(C(C)C)CN1C(=O)[C@@H](NC(=O)NC1(CS(=O)(=O)c2ccccc2)CCCCC1)C(C)(C)C. The molecule has 296 valence electrons. The van der Waals surface area contributed by atoms with E-state index in [1.807, 2.05) is 13.8 Å². The standard InChI is InChI=1S/C37H54F3N5O7S/c1-7-20-41-32(48)29(46)27(16-19-37(38,39)40)42-31(47)28-21-25(24(2)3)22-45(28)33(49)30(35(4,5)6)43-34(50)44-36(17-12-9-13-18-36)23-53(51,52)26-14-10-8-11-15-26/h7-8,10-11,14-15,24-25,27-28,30H,1,9,12-13,16-23H2,2-6H3,(H,41,48)(H,42,47)(H2,43,44,50)/t25?,27?,28-,30+/m0/s1. The molecule has 5 amide bonds. The molecule has 0 bridgehead atoms. The number of carbonyl (C=O) groups excluding carboxylic acids is 5. The van der Waals surface area contributed by atoms with Gasteiger partial charge in [0, 0.05) is 19.5 Å². The van der Waals surface area contributed by atoms with Gasteiger partial charge in [0.1, 0.15) is 12.1 Å². The molecule has 1 aromatic rings. The van der Waals surface area contributed by atoms with Crippen LogP contribution in [0, 0.1) is 17.3 Å². The van der Waals surface area contributed by atoms with Gasteiger partial charge in [0.15, 0.2) is 9.84 Å². The predicted octanol–water partition coefficient (Wildman–Crippen LogP) is 4.45. The summed E-state index contributed by atoms with van der Waals surface area (Å²) in [6.45, 7) is 12.3. The third-order valence-electron chi connectivity index (χ3n) is 9.99. The average Bonchev–Trinajstić information content (AvgIpc) is 3.53. The van der Waals surface area contributed by atoms with E-state index in [-0.39, 0.29) is 42.0 Å². The molecule has 1 aromatic carbocycles. The number of sulfone groups is 1. The summed E-state index contributed by atoms with van der Waals surface area (Å²) in [5, 5.41) is 10.2. The van der Waals surface area contributed by atoms with Crippen LogP contribution in [0.5, 0.6) is 0 Å². The lowest BCUT2D eigenvalue weighted by Crippen LogP contribution is -2.63. The molecule has 12 nitrogen and oxygen atoms in total. The number of rotatable bonds is 15. The second-order valence-corrected chi connectivity index (χ2v) is 17.6. The number of urea groups is 1. The number of amides is 5. The van der Waals surface area contributed by atoms with E-state index in [4.69, 9.17) is 0 Å². The molecule has 0 spiro atoms. The lowest BCUT2D eigenvalue weighted by Gasteiger charge is -2.40. The number of alkyl halides is 3. The number of nitrogens with zero attached hydrogens (tertiary/aromatic N) is 1. The van der Waals surface area contributed by atoms with Gasteiger partial charge in [0.05, 0.1) is 22.2 Å². The molecule has 3 rings (SSSR count). The molecule has 4 N–H and O–H groups in total. The minimum absolute atomic E-state index is 0.0162. The molecule has 2 aliphatic rings. The molecule has 1 saturated heterocycles. The Kier molecular flexibility index (Phi) is 14.7. The molecule has 0 aromatic heterocycles. The van der Waals surface area contributed by atoms with Crippen LogP contribution in [0.4, 0.5) is 18.0 Å². The number of likely N-dealkylation sites (tertiary alicyclic amines) is 1. The molecular weight excluding hydrogens is 715 g/mol. The molecule has 0 radical (unpaired) electrons. The summed E-state index contributed by atoms with van der Waals surface area (Å²) in [6.07, 6.45) is -2.53. The van der Waals surface area contributed by atoms with Crippen LogP contribution in [0.3, 0.4) is 0 Å². The Hall–Kier alpha value is -3.95. The molecule has 4 atom stereocenters. The maximum atomic E-state index is 14.4. The molecular formula is C37H54F3N5O7S. The summed E-state index contributed by atoms with van der Waals surface area (Å²) in [4.78, 5) is 68.7. The third-order valence-corrected chi connectivity index (χ3v) is 11.9. The molecule has 1 heterocycles. The number of ketones is 1. The monoisotopic (exact) mass is 769 g/mol. The van der Waals surface area contributed by atoms with E-state index >= 15 is 0 Å². The van der Waals surface area contributed by atoms with Crippen LogP contribution in [0.25, 0.3) is 0 Å². The number of benzene rings is 1. The van der Waals surface area contributed by atoms with Crippen LogP contribution in [0.15, 0.2) is 47.9 Å². The maximum absolute atomic E-state index is 14.4. The first-order valence-electron chi connectivity index (χ1n) is 18.1. The van der Waals surface area contributed by atoms with Gasteiger partial charge >= 0.3 is 12.2 Å². The highest BCUT2D eigenvalue weighted by atomic mass is 32.2. The zero-order chi connectivity index (χ0) is 39.8. The summed E-state index contributed by atoms with van der Waals surface area (Å²) >= 11 is 0. The number of hydrogen-bond donors (Lipinski definition) is 4. The van der Waals surface area contributed by atoms with Crippen LogP contribution in [0.2, 0.25) is 0 Å². The van der Waals surface area contributed by atoms with Crippen LogP contribution < -0.4 is 21.3 Å². The Morgan fingerprint density at radius 1 is 1.00 bits per heavy atom. The van der Waals surface area contributed by atoms with Crippen molar-refractivity contribution < 1.29 is 45.6 Å². The van der Waals surface area contributed by atoms with Crippen molar-refractivity contribution in [2.45, 2.75) is 121 Å². The predicted molar refractivity (Wildman–Crippen MR) is 193 cm³/mol. The Labute approximate surface area is 310 Å². The average molecular weight is 770 g/mol. The highest BCUT2D eigenvalue weighted by Gasteiger charge is 2.47. The second-order valence-electron chi connectivity index (χ2n) is 15.6. The molecule has 1 aliphatic carbocycles. The Balaban J connectivity index is 1.88. The fourth-order valence-electron chi connectivity index (χ4n) is 6.93.